The summed E-state index contributed by atoms with van der Waals surface area (Å²) in [7, 11) is 0. The van der Waals surface area contributed by atoms with Crippen LogP contribution in [-0.4, -0.2) is 5.11 Å². The summed E-state index contributed by atoms with van der Waals surface area (Å²) >= 11 is 9.19. The number of thiophene rings is 2. The fraction of sp³-hybridized carbons (Fsp3) is 0.273. The van der Waals surface area contributed by atoms with E-state index in [2.05, 4.69) is 11.4 Å². The molecule has 80 valence electrons. The molecule has 0 aliphatic heterocycles. The van der Waals surface area contributed by atoms with E-state index in [1.165, 1.54) is 16.2 Å². The summed E-state index contributed by atoms with van der Waals surface area (Å²) in [6.45, 7) is 0. The predicted molar refractivity (Wildman–Crippen MR) is 66.9 cm³/mol. The van der Waals surface area contributed by atoms with Crippen molar-refractivity contribution in [2.75, 3.05) is 0 Å². The molecule has 1 atom stereocenters. The Bertz CT molecular complexity index is 408. The average Bonchev–Trinajstić information content (AvgIpc) is 2.84. The maximum Gasteiger partial charge on any atom is 0.0900 e. The molecule has 0 saturated heterocycles. The third-order valence-electron chi connectivity index (χ3n) is 2.19. The molecule has 2 rings (SSSR count). The molecule has 1 nitrogen and oxygen atoms in total. The molecule has 0 saturated carbocycles. The number of aliphatic hydroxyl groups excluding tert-OH is 1. The van der Waals surface area contributed by atoms with E-state index in [1.54, 1.807) is 11.3 Å². The summed E-state index contributed by atoms with van der Waals surface area (Å²) in [5, 5.41) is 14.6. The van der Waals surface area contributed by atoms with Gasteiger partial charge in [0, 0.05) is 4.88 Å². The maximum absolute atomic E-state index is 9.92. The molecule has 0 bridgehead atoms. The van der Waals surface area contributed by atoms with E-state index < -0.39 is 6.10 Å². The highest BCUT2D eigenvalue weighted by Crippen LogP contribution is 2.31. The Labute approximate surface area is 102 Å². The van der Waals surface area contributed by atoms with E-state index in [9.17, 15) is 5.11 Å². The van der Waals surface area contributed by atoms with E-state index in [0.29, 0.717) is 5.02 Å². The maximum atomic E-state index is 9.92. The molecule has 0 aromatic carbocycles. The molecule has 0 fully saturated rings. The number of halogens is 1. The Kier molecular flexibility index (Phi) is 3.81. The van der Waals surface area contributed by atoms with Crippen LogP contribution in [0.5, 0.6) is 0 Å². The molecule has 0 aliphatic rings. The van der Waals surface area contributed by atoms with Crippen LogP contribution in [0.15, 0.2) is 29.0 Å². The predicted octanol–water partition coefficient (Wildman–Crippen LogP) is 4.13. The highest BCUT2D eigenvalue weighted by atomic mass is 35.5. The second-order valence-electron chi connectivity index (χ2n) is 3.27. The van der Waals surface area contributed by atoms with Crippen molar-refractivity contribution in [3.05, 3.63) is 43.7 Å². The molecule has 2 aromatic rings. The molecule has 2 aromatic heterocycles. The van der Waals surface area contributed by atoms with Gasteiger partial charge in [0.1, 0.15) is 0 Å². The first-order chi connectivity index (χ1) is 7.27. The van der Waals surface area contributed by atoms with Crippen LogP contribution in [-0.2, 0) is 6.42 Å². The van der Waals surface area contributed by atoms with Crippen LogP contribution in [0.1, 0.15) is 22.3 Å². The standard InChI is InChI=1S/C11H11ClOS2/c12-9-5-7-15-11(9)10(13)4-3-8-2-1-6-14-8/h1-2,5-7,10,13H,3-4H2. The molecule has 0 spiro atoms. The zero-order valence-electron chi connectivity index (χ0n) is 8.02. The number of hydrogen-bond donors (Lipinski definition) is 1. The fourth-order valence-electron chi connectivity index (χ4n) is 1.41. The van der Waals surface area contributed by atoms with Gasteiger partial charge < -0.3 is 5.11 Å². The lowest BCUT2D eigenvalue weighted by Gasteiger charge is -2.07. The van der Waals surface area contributed by atoms with Crippen LogP contribution >= 0.6 is 34.3 Å². The second kappa shape index (κ2) is 5.12. The highest BCUT2D eigenvalue weighted by molar-refractivity contribution is 7.10. The van der Waals surface area contributed by atoms with Crippen molar-refractivity contribution in [2.45, 2.75) is 18.9 Å². The van der Waals surface area contributed by atoms with Crippen LogP contribution in [0.25, 0.3) is 0 Å². The van der Waals surface area contributed by atoms with Crippen molar-refractivity contribution in [3.63, 3.8) is 0 Å². The lowest BCUT2D eigenvalue weighted by Crippen LogP contribution is -1.96. The minimum atomic E-state index is -0.431. The van der Waals surface area contributed by atoms with Gasteiger partial charge in [-0.15, -0.1) is 22.7 Å². The van der Waals surface area contributed by atoms with Gasteiger partial charge in [-0.2, -0.15) is 0 Å². The summed E-state index contributed by atoms with van der Waals surface area (Å²) in [4.78, 5) is 2.19. The minimum Gasteiger partial charge on any atom is -0.388 e. The van der Waals surface area contributed by atoms with Crippen molar-refractivity contribution >= 4 is 34.3 Å². The van der Waals surface area contributed by atoms with Gasteiger partial charge >= 0.3 is 0 Å². The Morgan fingerprint density at radius 3 is 2.73 bits per heavy atom. The largest absolute Gasteiger partial charge is 0.388 e. The monoisotopic (exact) mass is 258 g/mol. The summed E-state index contributed by atoms with van der Waals surface area (Å²) in [6, 6.07) is 5.95. The molecular weight excluding hydrogens is 248 g/mol. The number of rotatable bonds is 4. The van der Waals surface area contributed by atoms with E-state index in [-0.39, 0.29) is 0 Å². The summed E-state index contributed by atoms with van der Waals surface area (Å²) in [6.07, 6.45) is 1.22. The number of hydrogen-bond acceptors (Lipinski definition) is 3. The molecule has 1 N–H and O–H groups in total. The quantitative estimate of drug-likeness (QED) is 0.874. The van der Waals surface area contributed by atoms with Crippen LogP contribution in [0.2, 0.25) is 5.02 Å². The molecule has 2 heterocycles. The van der Waals surface area contributed by atoms with Gasteiger partial charge in [0.2, 0.25) is 0 Å². The van der Waals surface area contributed by atoms with Crippen molar-refractivity contribution in [1.29, 1.82) is 0 Å². The van der Waals surface area contributed by atoms with E-state index in [0.717, 1.165) is 17.7 Å². The third kappa shape index (κ3) is 2.82. The van der Waals surface area contributed by atoms with Crippen molar-refractivity contribution < 1.29 is 5.11 Å². The minimum absolute atomic E-state index is 0.431. The van der Waals surface area contributed by atoms with Gasteiger partial charge in [-0.1, -0.05) is 17.7 Å². The van der Waals surface area contributed by atoms with Gasteiger partial charge in [0.25, 0.3) is 0 Å². The van der Waals surface area contributed by atoms with Crippen LogP contribution in [0.3, 0.4) is 0 Å². The smallest absolute Gasteiger partial charge is 0.0900 e. The van der Waals surface area contributed by atoms with Gasteiger partial charge in [-0.3, -0.25) is 0 Å². The number of aryl methyl sites for hydroxylation is 1. The Morgan fingerprint density at radius 2 is 2.13 bits per heavy atom. The van der Waals surface area contributed by atoms with Gasteiger partial charge in [0.15, 0.2) is 0 Å². The second-order valence-corrected chi connectivity index (χ2v) is 5.65. The molecule has 1 unspecified atom stereocenters. The zero-order chi connectivity index (χ0) is 10.7. The summed E-state index contributed by atoms with van der Waals surface area (Å²) in [5.41, 5.74) is 0. The van der Waals surface area contributed by atoms with Gasteiger partial charge in [-0.25, -0.2) is 0 Å². The molecular formula is C11H11ClOS2. The van der Waals surface area contributed by atoms with Crippen molar-refractivity contribution in [3.8, 4) is 0 Å². The first kappa shape index (κ1) is 11.1. The normalized spacial score (nSPS) is 12.9. The van der Waals surface area contributed by atoms with Crippen LogP contribution in [0.4, 0.5) is 0 Å². The first-order valence-corrected chi connectivity index (χ1v) is 6.84. The fourth-order valence-corrected chi connectivity index (χ4v) is 3.34. The lowest BCUT2D eigenvalue weighted by molar-refractivity contribution is 0.172. The summed E-state index contributed by atoms with van der Waals surface area (Å²) < 4.78 is 0. The summed E-state index contributed by atoms with van der Waals surface area (Å²) in [5.74, 6) is 0. The molecule has 15 heavy (non-hydrogen) atoms. The van der Waals surface area contributed by atoms with Gasteiger partial charge in [-0.05, 0) is 35.7 Å². The Morgan fingerprint density at radius 1 is 1.27 bits per heavy atom. The van der Waals surface area contributed by atoms with Crippen LogP contribution in [0, 0.1) is 0 Å². The van der Waals surface area contributed by atoms with E-state index in [4.69, 9.17) is 11.6 Å². The van der Waals surface area contributed by atoms with Gasteiger partial charge in [0.05, 0.1) is 16.0 Å². The topological polar surface area (TPSA) is 20.2 Å². The Balaban J connectivity index is 1.93. The lowest BCUT2D eigenvalue weighted by atomic mass is 10.1. The zero-order valence-corrected chi connectivity index (χ0v) is 10.4. The molecule has 0 radical (unpaired) electrons. The van der Waals surface area contributed by atoms with E-state index >= 15 is 0 Å². The molecule has 4 heteroatoms. The van der Waals surface area contributed by atoms with E-state index in [1.807, 2.05) is 17.5 Å². The molecule has 0 aliphatic carbocycles. The average molecular weight is 259 g/mol. The number of aliphatic hydroxyl groups is 1. The molecule has 0 amide bonds. The first-order valence-electron chi connectivity index (χ1n) is 4.70. The van der Waals surface area contributed by atoms with Crippen LogP contribution < -0.4 is 0 Å². The Hall–Kier alpha value is -0.350. The third-order valence-corrected chi connectivity index (χ3v) is 4.59. The van der Waals surface area contributed by atoms with Crippen molar-refractivity contribution in [2.24, 2.45) is 0 Å². The SMILES string of the molecule is OC(CCc1cccs1)c1sccc1Cl. The van der Waals surface area contributed by atoms with Crippen molar-refractivity contribution in [1.82, 2.24) is 0 Å². The highest BCUT2D eigenvalue weighted by Gasteiger charge is 2.12.